The minimum Gasteiger partial charge on any atom is -0.497 e. The van der Waals surface area contributed by atoms with Crippen molar-refractivity contribution in [1.82, 2.24) is 4.98 Å². The molecule has 2 aromatic carbocycles. The van der Waals surface area contributed by atoms with Gasteiger partial charge in [-0.1, -0.05) is 23.7 Å². The van der Waals surface area contributed by atoms with Gasteiger partial charge >= 0.3 is 5.97 Å². The van der Waals surface area contributed by atoms with Crippen molar-refractivity contribution >= 4 is 57.6 Å². The van der Waals surface area contributed by atoms with E-state index in [0.717, 1.165) is 0 Å². The summed E-state index contributed by atoms with van der Waals surface area (Å²) in [5, 5.41) is 2.70. The van der Waals surface area contributed by atoms with Gasteiger partial charge in [-0.25, -0.2) is 14.8 Å². The molecule has 1 aliphatic heterocycles. The predicted octanol–water partition coefficient (Wildman–Crippen LogP) is 4.83. The molecular formula is C22H16ClN3O4S. The summed E-state index contributed by atoms with van der Waals surface area (Å²) < 4.78 is 10.5. The summed E-state index contributed by atoms with van der Waals surface area (Å²) in [5.41, 5.74) is 1.82. The van der Waals surface area contributed by atoms with Crippen LogP contribution < -0.4 is 9.64 Å². The molecule has 0 saturated carbocycles. The summed E-state index contributed by atoms with van der Waals surface area (Å²) in [6, 6.07) is 14.0. The molecule has 4 rings (SSSR count). The third kappa shape index (κ3) is 4.50. The van der Waals surface area contributed by atoms with Crippen molar-refractivity contribution in [3.63, 3.8) is 0 Å². The number of esters is 1. The van der Waals surface area contributed by atoms with Gasteiger partial charge in [0.05, 0.1) is 18.5 Å². The lowest BCUT2D eigenvalue weighted by Crippen LogP contribution is -2.22. The normalized spacial score (nSPS) is 14.4. The van der Waals surface area contributed by atoms with Crippen LogP contribution in [0, 0.1) is 0 Å². The lowest BCUT2D eigenvalue weighted by atomic mass is 10.2. The van der Waals surface area contributed by atoms with Gasteiger partial charge < -0.3 is 9.47 Å². The maximum absolute atomic E-state index is 12.3. The Morgan fingerprint density at radius 2 is 2.03 bits per heavy atom. The van der Waals surface area contributed by atoms with Crippen LogP contribution in [0.25, 0.3) is 6.08 Å². The molecule has 1 aliphatic rings. The first kappa shape index (κ1) is 20.8. The topological polar surface area (TPSA) is 81.1 Å². The molecule has 1 amide bonds. The molecule has 0 N–H and O–H groups in total. The van der Waals surface area contributed by atoms with Gasteiger partial charge in [-0.05, 0) is 36.4 Å². The monoisotopic (exact) mass is 453 g/mol. The van der Waals surface area contributed by atoms with Gasteiger partial charge in [0.25, 0.3) is 0 Å². The minimum atomic E-state index is -0.583. The summed E-state index contributed by atoms with van der Waals surface area (Å²) in [6.07, 6.45) is 1.52. The zero-order chi connectivity index (χ0) is 22.0. The van der Waals surface area contributed by atoms with Crippen molar-refractivity contribution in [3.8, 4) is 5.75 Å². The number of nitrogens with zero attached hydrogens (tertiary/aromatic N) is 3. The second kappa shape index (κ2) is 8.71. The Balaban J connectivity index is 1.64. The molecule has 9 heteroatoms. The lowest BCUT2D eigenvalue weighted by molar-refractivity contribution is -0.130. The highest BCUT2D eigenvalue weighted by Crippen LogP contribution is 2.32. The van der Waals surface area contributed by atoms with Crippen molar-refractivity contribution in [3.05, 3.63) is 75.9 Å². The first-order valence-electron chi connectivity index (χ1n) is 9.13. The van der Waals surface area contributed by atoms with Gasteiger partial charge in [0.15, 0.2) is 10.8 Å². The fourth-order valence-corrected chi connectivity index (χ4v) is 3.95. The minimum absolute atomic E-state index is 0.114. The van der Waals surface area contributed by atoms with Crippen molar-refractivity contribution in [2.75, 3.05) is 12.0 Å². The van der Waals surface area contributed by atoms with Crippen LogP contribution in [-0.4, -0.2) is 29.9 Å². The average molecular weight is 454 g/mol. The number of benzene rings is 2. The Morgan fingerprint density at radius 1 is 1.23 bits per heavy atom. The number of carbonyl (C=O) groups is 2. The molecule has 156 valence electrons. The van der Waals surface area contributed by atoms with E-state index in [-0.39, 0.29) is 17.5 Å². The van der Waals surface area contributed by atoms with E-state index in [2.05, 4.69) is 9.98 Å². The molecule has 1 aromatic heterocycles. The van der Waals surface area contributed by atoms with Gasteiger partial charge in [-0.2, -0.15) is 0 Å². The number of amides is 1. The number of methoxy groups -OCH3 is 1. The maximum Gasteiger partial charge on any atom is 0.363 e. The fourth-order valence-electron chi connectivity index (χ4n) is 2.92. The van der Waals surface area contributed by atoms with Gasteiger partial charge in [0.2, 0.25) is 11.8 Å². The Labute approximate surface area is 187 Å². The number of ether oxygens (including phenoxy) is 2. The molecule has 0 aliphatic carbocycles. The summed E-state index contributed by atoms with van der Waals surface area (Å²) >= 11 is 7.26. The second-order valence-corrected chi connectivity index (χ2v) is 7.73. The van der Waals surface area contributed by atoms with Crippen molar-refractivity contribution < 1.29 is 19.1 Å². The van der Waals surface area contributed by atoms with Gasteiger partial charge in [0, 0.05) is 29.0 Å². The largest absolute Gasteiger partial charge is 0.497 e. The number of thiazole rings is 1. The number of anilines is 2. The molecule has 0 unspecified atom stereocenters. The van der Waals surface area contributed by atoms with E-state index in [4.69, 9.17) is 21.1 Å². The van der Waals surface area contributed by atoms with E-state index >= 15 is 0 Å². The number of carbonyl (C=O) groups excluding carboxylic acids is 2. The van der Waals surface area contributed by atoms with E-state index in [1.54, 1.807) is 61.0 Å². The average Bonchev–Trinajstić information content (AvgIpc) is 3.35. The van der Waals surface area contributed by atoms with Crippen LogP contribution in [0.3, 0.4) is 0 Å². The molecule has 0 radical (unpaired) electrons. The maximum atomic E-state index is 12.3. The zero-order valence-corrected chi connectivity index (χ0v) is 18.1. The molecule has 0 spiro atoms. The predicted molar refractivity (Wildman–Crippen MR) is 120 cm³/mol. The van der Waals surface area contributed by atoms with Crippen LogP contribution in [0.15, 0.2) is 64.6 Å². The Morgan fingerprint density at radius 3 is 2.77 bits per heavy atom. The Bertz CT molecular complexity index is 1230. The molecular weight excluding hydrogens is 438 g/mol. The summed E-state index contributed by atoms with van der Waals surface area (Å²) in [6.45, 7) is 1.45. The van der Waals surface area contributed by atoms with E-state index in [1.165, 1.54) is 29.2 Å². The molecule has 0 saturated heterocycles. The number of hydrogen-bond donors (Lipinski definition) is 0. The number of aliphatic imine (C=N–C) groups is 1. The molecule has 2 heterocycles. The third-order valence-corrected chi connectivity index (χ3v) is 5.38. The molecule has 3 aromatic rings. The SMILES string of the molecule is COc1cccc(N(C(C)=O)c2nc(/C=C3\N=C(c4cccc(Cl)c4)OC3=O)cs2)c1. The number of cyclic esters (lactones) is 1. The van der Waals surface area contributed by atoms with E-state index in [1.807, 2.05) is 0 Å². The quantitative estimate of drug-likeness (QED) is 0.408. The first-order chi connectivity index (χ1) is 14.9. The van der Waals surface area contributed by atoms with Crippen molar-refractivity contribution in [2.24, 2.45) is 4.99 Å². The van der Waals surface area contributed by atoms with E-state index in [0.29, 0.717) is 32.8 Å². The zero-order valence-electron chi connectivity index (χ0n) is 16.5. The van der Waals surface area contributed by atoms with Gasteiger partial charge in [-0.15, -0.1) is 11.3 Å². The van der Waals surface area contributed by atoms with Crippen LogP contribution in [0.2, 0.25) is 5.02 Å². The molecule has 0 atom stereocenters. The highest BCUT2D eigenvalue weighted by atomic mass is 35.5. The van der Waals surface area contributed by atoms with Crippen LogP contribution >= 0.6 is 22.9 Å². The first-order valence-corrected chi connectivity index (χ1v) is 10.4. The van der Waals surface area contributed by atoms with Gasteiger partial charge in [0.1, 0.15) is 5.75 Å². The summed E-state index contributed by atoms with van der Waals surface area (Å²) in [4.78, 5) is 34.8. The summed E-state index contributed by atoms with van der Waals surface area (Å²) in [5.74, 6) is 0.0132. The fraction of sp³-hybridized carbons (Fsp3) is 0.0909. The van der Waals surface area contributed by atoms with Crippen LogP contribution in [0.1, 0.15) is 18.2 Å². The highest BCUT2D eigenvalue weighted by molar-refractivity contribution is 7.14. The van der Waals surface area contributed by atoms with Crippen LogP contribution in [0.5, 0.6) is 5.75 Å². The van der Waals surface area contributed by atoms with E-state index < -0.39 is 5.97 Å². The Kier molecular flexibility index (Phi) is 5.83. The van der Waals surface area contributed by atoms with Crippen molar-refractivity contribution in [1.29, 1.82) is 0 Å². The molecule has 7 nitrogen and oxygen atoms in total. The number of rotatable bonds is 5. The van der Waals surface area contributed by atoms with Crippen LogP contribution in [0.4, 0.5) is 10.8 Å². The van der Waals surface area contributed by atoms with Crippen LogP contribution in [-0.2, 0) is 14.3 Å². The highest BCUT2D eigenvalue weighted by Gasteiger charge is 2.25. The Hall–Kier alpha value is -3.49. The third-order valence-electron chi connectivity index (χ3n) is 4.30. The molecule has 31 heavy (non-hydrogen) atoms. The number of aromatic nitrogens is 1. The molecule has 0 bridgehead atoms. The lowest BCUT2D eigenvalue weighted by Gasteiger charge is -2.18. The second-order valence-electron chi connectivity index (χ2n) is 6.46. The summed E-state index contributed by atoms with van der Waals surface area (Å²) in [7, 11) is 1.56. The smallest absolute Gasteiger partial charge is 0.363 e. The van der Waals surface area contributed by atoms with E-state index in [9.17, 15) is 9.59 Å². The molecule has 0 fully saturated rings. The number of hydrogen-bond acceptors (Lipinski definition) is 7. The van der Waals surface area contributed by atoms with Gasteiger partial charge in [-0.3, -0.25) is 9.69 Å². The van der Waals surface area contributed by atoms with Crippen molar-refractivity contribution in [2.45, 2.75) is 6.92 Å². The number of halogens is 1. The standard InChI is InChI=1S/C22H16ClN3O4S/c1-13(27)26(17-7-4-8-18(11-17)29-2)22-24-16(12-31-22)10-19-21(28)30-20(25-19)14-5-3-6-15(23)9-14/h3-12H,1-2H3/b19-10-.